The van der Waals surface area contributed by atoms with Gasteiger partial charge in [-0.3, -0.25) is 9.59 Å². The van der Waals surface area contributed by atoms with Crippen LogP contribution in [0.4, 0.5) is 0 Å². The molecule has 0 fully saturated rings. The van der Waals surface area contributed by atoms with E-state index in [1.165, 1.54) is 18.1 Å². The smallest absolute Gasteiger partial charge is 0.313 e. The Hall–Kier alpha value is -2.68. The van der Waals surface area contributed by atoms with Gasteiger partial charge in [-0.15, -0.1) is 0 Å². The molecule has 24 heavy (non-hydrogen) atoms. The van der Waals surface area contributed by atoms with Crippen LogP contribution in [0.5, 0.6) is 0 Å². The summed E-state index contributed by atoms with van der Waals surface area (Å²) < 4.78 is 5.00. The summed E-state index contributed by atoms with van der Waals surface area (Å²) in [5.41, 5.74) is 2.50. The molecule has 0 unspecified atom stereocenters. The molecular formula is C21H22O3. The highest BCUT2D eigenvalue weighted by molar-refractivity contribution is 5.94. The summed E-state index contributed by atoms with van der Waals surface area (Å²) in [5, 5.41) is 0. The average molecular weight is 322 g/mol. The molecule has 0 amide bonds. The van der Waals surface area contributed by atoms with Crippen molar-refractivity contribution in [2.45, 2.75) is 25.7 Å². The molecule has 0 atom stereocenters. The van der Waals surface area contributed by atoms with Crippen molar-refractivity contribution in [1.29, 1.82) is 0 Å². The molecular weight excluding hydrogens is 300 g/mol. The number of hydrogen-bond acceptors (Lipinski definition) is 3. The normalized spacial score (nSPS) is 10.9. The summed E-state index contributed by atoms with van der Waals surface area (Å²) in [7, 11) is 0. The van der Waals surface area contributed by atoms with Crippen LogP contribution in [0.3, 0.4) is 0 Å². The van der Waals surface area contributed by atoms with Crippen LogP contribution >= 0.6 is 0 Å². The molecule has 0 aliphatic heterocycles. The molecule has 0 saturated carbocycles. The third-order valence-corrected chi connectivity index (χ3v) is 3.68. The number of carbonyl (C=O) groups is 2. The van der Waals surface area contributed by atoms with Gasteiger partial charge in [0, 0.05) is 5.92 Å². The first kappa shape index (κ1) is 17.7. The van der Waals surface area contributed by atoms with Gasteiger partial charge in [-0.1, -0.05) is 72.8 Å². The Morgan fingerprint density at radius 1 is 0.917 bits per heavy atom. The van der Waals surface area contributed by atoms with E-state index in [2.05, 4.69) is 24.3 Å². The predicted molar refractivity (Wildman–Crippen MR) is 94.7 cm³/mol. The summed E-state index contributed by atoms with van der Waals surface area (Å²) in [6.07, 6.45) is 4.51. The van der Waals surface area contributed by atoms with Crippen molar-refractivity contribution in [2.75, 3.05) is 6.61 Å². The second-order valence-corrected chi connectivity index (χ2v) is 5.64. The maximum absolute atomic E-state index is 11.3. The summed E-state index contributed by atoms with van der Waals surface area (Å²) in [6.45, 7) is 1.57. The van der Waals surface area contributed by atoms with Gasteiger partial charge in [0.1, 0.15) is 18.8 Å². The Morgan fingerprint density at radius 2 is 1.46 bits per heavy atom. The van der Waals surface area contributed by atoms with Crippen LogP contribution in [0, 0.1) is 0 Å². The zero-order valence-electron chi connectivity index (χ0n) is 13.9. The van der Waals surface area contributed by atoms with Crippen molar-refractivity contribution in [1.82, 2.24) is 0 Å². The van der Waals surface area contributed by atoms with E-state index in [1.54, 1.807) is 0 Å². The third kappa shape index (κ3) is 5.84. The molecule has 0 aliphatic carbocycles. The van der Waals surface area contributed by atoms with Crippen molar-refractivity contribution in [2.24, 2.45) is 0 Å². The summed E-state index contributed by atoms with van der Waals surface area (Å²) in [4.78, 5) is 22.1. The van der Waals surface area contributed by atoms with Crippen LogP contribution < -0.4 is 0 Å². The van der Waals surface area contributed by atoms with Gasteiger partial charge in [0.2, 0.25) is 0 Å². The van der Waals surface area contributed by atoms with Crippen LogP contribution in [0.25, 0.3) is 0 Å². The maximum atomic E-state index is 11.3. The number of esters is 1. The Balaban J connectivity index is 1.96. The Labute approximate surface area is 143 Å². The fourth-order valence-corrected chi connectivity index (χ4v) is 2.53. The first-order valence-electron chi connectivity index (χ1n) is 8.06. The monoisotopic (exact) mass is 322 g/mol. The molecule has 0 saturated heterocycles. The number of carbonyl (C=O) groups excluding carboxylic acids is 2. The number of Topliss-reactive ketones (excluding diaryl/α,β-unsaturated/α-hetero) is 1. The van der Waals surface area contributed by atoms with Crippen LogP contribution in [0.2, 0.25) is 0 Å². The summed E-state index contributed by atoms with van der Waals surface area (Å²) >= 11 is 0. The van der Waals surface area contributed by atoms with E-state index < -0.39 is 5.97 Å². The standard InChI is InChI=1S/C21H22O3/c1-17(22)16-21(23)24-15-9-8-14-20(18-10-4-2-5-11-18)19-12-6-3-7-13-19/h2-13,20H,14-16H2,1H3/b9-8+. The molecule has 3 heteroatoms. The lowest BCUT2D eigenvalue weighted by molar-refractivity contribution is -0.144. The number of ketones is 1. The minimum absolute atomic E-state index is 0.162. The molecule has 0 bridgehead atoms. The average Bonchev–Trinajstić information content (AvgIpc) is 2.59. The van der Waals surface area contributed by atoms with E-state index in [1.807, 2.05) is 48.6 Å². The maximum Gasteiger partial charge on any atom is 0.313 e. The second-order valence-electron chi connectivity index (χ2n) is 5.64. The molecule has 2 aromatic carbocycles. The topological polar surface area (TPSA) is 43.4 Å². The quantitative estimate of drug-likeness (QED) is 0.414. The Morgan fingerprint density at radius 3 is 1.96 bits per heavy atom. The highest BCUT2D eigenvalue weighted by Gasteiger charge is 2.11. The van der Waals surface area contributed by atoms with Gasteiger partial charge in [0.25, 0.3) is 0 Å². The molecule has 3 nitrogen and oxygen atoms in total. The summed E-state index contributed by atoms with van der Waals surface area (Å²) in [5.74, 6) is -0.399. The second kappa shape index (κ2) is 9.46. The third-order valence-electron chi connectivity index (χ3n) is 3.68. The SMILES string of the molecule is CC(=O)CC(=O)OC/C=C/CC(c1ccccc1)c1ccccc1. The first-order valence-corrected chi connectivity index (χ1v) is 8.06. The van der Waals surface area contributed by atoms with Gasteiger partial charge in [-0.25, -0.2) is 0 Å². The van der Waals surface area contributed by atoms with Crippen LogP contribution in [-0.2, 0) is 14.3 Å². The van der Waals surface area contributed by atoms with E-state index in [-0.39, 0.29) is 24.7 Å². The number of ether oxygens (including phenoxy) is 1. The summed E-state index contributed by atoms with van der Waals surface area (Å²) in [6, 6.07) is 20.7. The first-order chi connectivity index (χ1) is 11.7. The van der Waals surface area contributed by atoms with Crippen molar-refractivity contribution in [3.05, 3.63) is 83.9 Å². The Kier molecular flexibility index (Phi) is 6.96. The van der Waals surface area contributed by atoms with E-state index in [0.29, 0.717) is 0 Å². The zero-order valence-corrected chi connectivity index (χ0v) is 13.9. The highest BCUT2D eigenvalue weighted by atomic mass is 16.5. The number of allylic oxidation sites excluding steroid dienone is 1. The molecule has 0 heterocycles. The predicted octanol–water partition coefficient (Wildman–Crippen LogP) is 4.29. The van der Waals surface area contributed by atoms with Gasteiger partial charge >= 0.3 is 5.97 Å². The number of hydrogen-bond donors (Lipinski definition) is 0. The molecule has 0 aliphatic rings. The van der Waals surface area contributed by atoms with Gasteiger partial charge in [0.15, 0.2) is 0 Å². The number of rotatable bonds is 8. The lowest BCUT2D eigenvalue weighted by Crippen LogP contribution is -2.08. The lowest BCUT2D eigenvalue weighted by Gasteiger charge is -2.16. The fraction of sp³-hybridized carbons (Fsp3) is 0.238. The van der Waals surface area contributed by atoms with Crippen molar-refractivity contribution >= 4 is 11.8 Å². The van der Waals surface area contributed by atoms with Crippen LogP contribution in [-0.4, -0.2) is 18.4 Å². The number of benzene rings is 2. The largest absolute Gasteiger partial charge is 0.461 e. The minimum atomic E-state index is -0.477. The van der Waals surface area contributed by atoms with Crippen LogP contribution in [0.1, 0.15) is 36.8 Å². The minimum Gasteiger partial charge on any atom is -0.461 e. The van der Waals surface area contributed by atoms with E-state index in [9.17, 15) is 9.59 Å². The van der Waals surface area contributed by atoms with E-state index >= 15 is 0 Å². The molecule has 0 N–H and O–H groups in total. The molecule has 0 aromatic heterocycles. The molecule has 2 rings (SSSR count). The van der Waals surface area contributed by atoms with E-state index in [4.69, 9.17) is 4.74 Å². The van der Waals surface area contributed by atoms with Crippen molar-refractivity contribution in [3.63, 3.8) is 0 Å². The van der Waals surface area contributed by atoms with Crippen molar-refractivity contribution in [3.8, 4) is 0 Å². The molecule has 124 valence electrons. The van der Waals surface area contributed by atoms with Gasteiger partial charge < -0.3 is 4.74 Å². The van der Waals surface area contributed by atoms with E-state index in [0.717, 1.165) is 6.42 Å². The van der Waals surface area contributed by atoms with Crippen LogP contribution in [0.15, 0.2) is 72.8 Å². The molecule has 0 radical (unpaired) electrons. The molecule has 2 aromatic rings. The van der Waals surface area contributed by atoms with Gasteiger partial charge in [0.05, 0.1) is 0 Å². The molecule has 0 spiro atoms. The van der Waals surface area contributed by atoms with Gasteiger partial charge in [-0.05, 0) is 24.5 Å². The Bertz CT molecular complexity index is 635. The van der Waals surface area contributed by atoms with Crippen molar-refractivity contribution < 1.29 is 14.3 Å². The van der Waals surface area contributed by atoms with Gasteiger partial charge in [-0.2, -0.15) is 0 Å². The zero-order chi connectivity index (χ0) is 17.2. The fourth-order valence-electron chi connectivity index (χ4n) is 2.53. The highest BCUT2D eigenvalue weighted by Crippen LogP contribution is 2.28. The lowest BCUT2D eigenvalue weighted by atomic mass is 9.88.